The van der Waals surface area contributed by atoms with Crippen molar-refractivity contribution in [1.29, 1.82) is 0 Å². The van der Waals surface area contributed by atoms with Crippen LogP contribution in [0.1, 0.15) is 67.1 Å². The number of hydrogen-bond acceptors (Lipinski definition) is 10. The van der Waals surface area contributed by atoms with E-state index in [1.807, 2.05) is 0 Å². The summed E-state index contributed by atoms with van der Waals surface area (Å²) in [6.07, 6.45) is 0.541. The molecule has 0 bridgehead atoms. The van der Waals surface area contributed by atoms with Crippen LogP contribution in [0.5, 0.6) is 0 Å². The summed E-state index contributed by atoms with van der Waals surface area (Å²) in [7, 11) is 0. The first-order valence-corrected chi connectivity index (χ1v) is 17.9. The van der Waals surface area contributed by atoms with Gasteiger partial charge in [0.05, 0.1) is 31.2 Å². The van der Waals surface area contributed by atoms with Crippen molar-refractivity contribution in [2.45, 2.75) is 47.6 Å². The van der Waals surface area contributed by atoms with Gasteiger partial charge in [-0.05, 0) is 37.1 Å². The van der Waals surface area contributed by atoms with E-state index in [1.165, 1.54) is 17.8 Å². The minimum atomic E-state index is -0.937. The van der Waals surface area contributed by atoms with Gasteiger partial charge in [0.2, 0.25) is 23.6 Å². The van der Waals surface area contributed by atoms with Crippen molar-refractivity contribution in [2.24, 2.45) is 0 Å². The number of nitrogens with zero attached hydrogens (tertiary/aromatic N) is 2. The molecule has 0 saturated carbocycles. The number of rotatable bonds is 4. The highest BCUT2D eigenvalue weighted by Crippen LogP contribution is 2.35. The van der Waals surface area contributed by atoms with E-state index < -0.39 is 53.4 Å². The van der Waals surface area contributed by atoms with Crippen LogP contribution in [0, 0.1) is 0 Å². The van der Waals surface area contributed by atoms with Crippen molar-refractivity contribution in [3.05, 3.63) is 58.7 Å². The molecule has 4 aliphatic heterocycles. The highest BCUT2D eigenvalue weighted by molar-refractivity contribution is 9.24. The normalized spacial score (nSPS) is 20.5. The van der Waals surface area contributed by atoms with Gasteiger partial charge in [-0.1, -0.05) is 59.9 Å². The van der Waals surface area contributed by atoms with E-state index in [0.29, 0.717) is 25.6 Å². The van der Waals surface area contributed by atoms with Gasteiger partial charge in [-0.15, -0.1) is 24.4 Å². The van der Waals surface area contributed by atoms with Crippen molar-refractivity contribution in [3.8, 4) is 0 Å². The number of halogens is 3. The first kappa shape index (κ1) is 35.0. The number of carbonyl (C=O) groups is 8. The third-order valence-electron chi connectivity index (χ3n) is 7.09. The number of imide groups is 4. The van der Waals surface area contributed by atoms with Crippen LogP contribution >= 0.6 is 72.2 Å². The number of carbonyl (C=O) groups excluding carboxylic acids is 8. The van der Waals surface area contributed by atoms with Crippen LogP contribution in [0.3, 0.4) is 0 Å². The molecule has 236 valence electrons. The van der Waals surface area contributed by atoms with Crippen molar-refractivity contribution >= 4 is 119 Å². The zero-order valence-electron chi connectivity index (χ0n) is 23.0. The van der Waals surface area contributed by atoms with Gasteiger partial charge >= 0.3 is 0 Å². The fourth-order valence-corrected chi connectivity index (χ4v) is 6.84. The summed E-state index contributed by atoms with van der Waals surface area (Å²) in [5, 5.41) is 4.32. The number of piperidine rings is 2. The number of benzene rings is 2. The molecule has 0 aliphatic carbocycles. The molecule has 2 aromatic carbocycles. The molecule has 2 atom stereocenters. The Morgan fingerprint density at radius 2 is 1.13 bits per heavy atom. The van der Waals surface area contributed by atoms with Crippen LogP contribution in [0.15, 0.2) is 46.2 Å². The lowest BCUT2D eigenvalue weighted by Crippen LogP contribution is -2.54. The molecule has 2 saturated heterocycles. The number of alkyl halides is 3. The second kappa shape index (κ2) is 15.2. The summed E-state index contributed by atoms with van der Waals surface area (Å²) in [5.74, 6) is -3.99. The maximum atomic E-state index is 12.6. The molecule has 4 aliphatic rings. The fourth-order valence-electron chi connectivity index (χ4n) is 5.16. The van der Waals surface area contributed by atoms with Crippen molar-refractivity contribution in [3.63, 3.8) is 0 Å². The van der Waals surface area contributed by atoms with Gasteiger partial charge in [0.25, 0.3) is 23.6 Å². The largest absolute Gasteiger partial charge is 0.295 e. The van der Waals surface area contributed by atoms with E-state index in [4.69, 9.17) is 0 Å². The van der Waals surface area contributed by atoms with Crippen LogP contribution in [0.2, 0.25) is 0 Å². The number of amides is 8. The van der Waals surface area contributed by atoms with E-state index in [9.17, 15) is 38.4 Å². The quantitative estimate of drug-likeness (QED) is 0.180. The summed E-state index contributed by atoms with van der Waals surface area (Å²) in [6.45, 7) is 0. The molecule has 2 aromatic rings. The Hall–Kier alpha value is -2.86. The molecule has 2 fully saturated rings. The van der Waals surface area contributed by atoms with Crippen LogP contribution in [0.25, 0.3) is 0 Å². The van der Waals surface area contributed by atoms with Crippen LogP contribution in [-0.4, -0.2) is 78.0 Å². The lowest BCUT2D eigenvalue weighted by Gasteiger charge is -2.27. The Balaban J connectivity index is 0.000000189. The Morgan fingerprint density at radius 1 is 0.689 bits per heavy atom. The lowest BCUT2D eigenvalue weighted by molar-refractivity contribution is -0.137. The molecule has 0 spiro atoms. The number of thiol groups is 1. The second-order valence-electron chi connectivity index (χ2n) is 9.63. The molecule has 12 nitrogen and oxygen atoms in total. The number of nitrogens with one attached hydrogen (secondary N) is 2. The highest BCUT2D eigenvalue weighted by Gasteiger charge is 2.46. The Bertz CT molecular complexity index is 1640. The van der Waals surface area contributed by atoms with Crippen LogP contribution < -0.4 is 10.6 Å². The Morgan fingerprint density at radius 3 is 1.58 bits per heavy atom. The summed E-state index contributed by atoms with van der Waals surface area (Å²) in [5.41, 5.74) is 1.10. The average molecular weight is 847 g/mol. The highest BCUT2D eigenvalue weighted by atomic mass is 79.9. The van der Waals surface area contributed by atoms with E-state index >= 15 is 0 Å². The smallest absolute Gasteiger partial charge is 0.263 e. The van der Waals surface area contributed by atoms with Gasteiger partial charge in [0.15, 0.2) is 0 Å². The summed E-state index contributed by atoms with van der Waals surface area (Å²) < 4.78 is 1.46. The van der Waals surface area contributed by atoms with Gasteiger partial charge in [0, 0.05) is 22.6 Å². The SMILES string of the molecule is BrCBr.O=C1CCC(N2C(=O)c3cccc(S)c3C2=O)C(=O)N1.O=C1CCC(N2C(=O)c3cccc(SCBr)c3C2=O)C(=O)N1. The zero-order chi connectivity index (χ0) is 33.0. The van der Waals surface area contributed by atoms with Crippen molar-refractivity contribution in [1.82, 2.24) is 20.4 Å². The van der Waals surface area contributed by atoms with E-state index in [-0.39, 0.29) is 42.7 Å². The number of fused-ring (bicyclic) bond motifs is 2. The van der Waals surface area contributed by atoms with Gasteiger partial charge in [-0.25, -0.2) is 0 Å². The van der Waals surface area contributed by atoms with E-state index in [2.05, 4.69) is 71.1 Å². The zero-order valence-corrected chi connectivity index (χ0v) is 29.5. The minimum absolute atomic E-state index is 0.109. The topological polar surface area (TPSA) is 167 Å². The number of hydrogen-bond donors (Lipinski definition) is 3. The van der Waals surface area contributed by atoms with Crippen LogP contribution in [-0.2, 0) is 19.2 Å². The molecule has 2 N–H and O–H groups in total. The van der Waals surface area contributed by atoms with Gasteiger partial charge in [0.1, 0.15) is 12.1 Å². The molecule has 0 aromatic heterocycles. The molecular weight excluding hydrogens is 824 g/mol. The van der Waals surface area contributed by atoms with Gasteiger partial charge in [-0.2, -0.15) is 0 Å². The molecule has 45 heavy (non-hydrogen) atoms. The molecule has 17 heteroatoms. The summed E-state index contributed by atoms with van der Waals surface area (Å²) in [6, 6.07) is 7.97. The third kappa shape index (κ3) is 7.11. The first-order chi connectivity index (χ1) is 21.5. The molecule has 0 radical (unpaired) electrons. The molecular formula is C28H23Br3N4O8S2. The van der Waals surface area contributed by atoms with E-state index in [1.54, 1.807) is 30.3 Å². The fraction of sp³-hybridized carbons (Fsp3) is 0.286. The molecule has 2 unspecified atom stereocenters. The predicted molar refractivity (Wildman–Crippen MR) is 176 cm³/mol. The second-order valence-corrected chi connectivity index (χ2v) is 15.1. The molecule has 8 amide bonds. The standard InChI is InChI=1S/C14H11BrN2O4S.C13H10N2O4S.CH2Br2/c15-6-22-9-3-1-2-7-11(9)14(21)17(13(7)20)8-4-5-10(18)16-12(8)19;16-9-5-4-7(11(17)14-9)15-12(18)6-2-1-3-8(20)10(6)13(15)19;2-1-3/h1-3,8H,4-6H2,(H,16,18,19);1-3,7,20H,4-5H2,(H,14,16,17);1H2. The monoisotopic (exact) mass is 844 g/mol. The predicted octanol–water partition coefficient (Wildman–Crippen LogP) is 3.64. The number of thioether (sulfide) groups is 1. The Kier molecular flexibility index (Phi) is 11.8. The molecule has 4 heterocycles. The third-order valence-corrected chi connectivity index (χ3v) is 8.91. The average Bonchev–Trinajstić information content (AvgIpc) is 3.40. The van der Waals surface area contributed by atoms with Gasteiger partial charge in [-0.3, -0.25) is 58.8 Å². The van der Waals surface area contributed by atoms with Crippen molar-refractivity contribution in [2.75, 3.05) is 8.90 Å². The summed E-state index contributed by atoms with van der Waals surface area (Å²) >= 11 is 15.0. The van der Waals surface area contributed by atoms with E-state index in [0.717, 1.165) is 14.0 Å². The van der Waals surface area contributed by atoms with Crippen LogP contribution in [0.4, 0.5) is 0 Å². The maximum Gasteiger partial charge on any atom is 0.263 e. The molecule has 6 rings (SSSR count). The van der Waals surface area contributed by atoms with Crippen molar-refractivity contribution < 1.29 is 38.4 Å². The Labute approximate surface area is 291 Å². The minimum Gasteiger partial charge on any atom is -0.295 e. The summed E-state index contributed by atoms with van der Waals surface area (Å²) in [4.78, 5) is 98.9. The first-order valence-electron chi connectivity index (χ1n) is 13.2. The maximum absolute atomic E-state index is 12.6. The van der Waals surface area contributed by atoms with Gasteiger partial charge < -0.3 is 0 Å². The lowest BCUT2D eigenvalue weighted by atomic mass is 10.0.